The van der Waals surface area contributed by atoms with Gasteiger partial charge in [0, 0.05) is 31.8 Å². The number of piperidine rings is 1. The fraction of sp³-hybridized carbons (Fsp3) is 0.867. The molecule has 1 saturated carbocycles. The third-order valence-electron chi connectivity index (χ3n) is 5.15. The summed E-state index contributed by atoms with van der Waals surface area (Å²) in [7, 11) is 0. The maximum atomic E-state index is 13.3. The van der Waals surface area contributed by atoms with E-state index in [-0.39, 0.29) is 36.6 Å². The molecule has 2 heterocycles. The van der Waals surface area contributed by atoms with Gasteiger partial charge in [-0.3, -0.25) is 9.59 Å². The van der Waals surface area contributed by atoms with Crippen molar-refractivity contribution in [1.29, 1.82) is 0 Å². The topological polar surface area (TPSA) is 49.4 Å². The second-order valence-corrected chi connectivity index (χ2v) is 6.62. The van der Waals surface area contributed by atoms with Crippen LogP contribution < -0.4 is 5.32 Å². The lowest BCUT2D eigenvalue weighted by Crippen LogP contribution is -2.52. The molecule has 0 aromatic heterocycles. The first-order chi connectivity index (χ1) is 9.96. The van der Waals surface area contributed by atoms with Crippen LogP contribution in [0.5, 0.6) is 0 Å². The van der Waals surface area contributed by atoms with Crippen LogP contribution in [0.2, 0.25) is 0 Å². The number of hydrogen-bond donors (Lipinski definition) is 1. The van der Waals surface area contributed by atoms with Crippen molar-refractivity contribution < 1.29 is 18.4 Å². The smallest absolute Gasteiger partial charge is 0.248 e. The number of hydrogen-bond acceptors (Lipinski definition) is 2. The summed E-state index contributed by atoms with van der Waals surface area (Å²) in [4.78, 5) is 26.6. The highest BCUT2D eigenvalue weighted by Gasteiger charge is 2.44. The van der Waals surface area contributed by atoms with Gasteiger partial charge in [0.15, 0.2) is 0 Å². The van der Waals surface area contributed by atoms with Crippen molar-refractivity contribution in [2.75, 3.05) is 6.54 Å². The van der Waals surface area contributed by atoms with Gasteiger partial charge in [-0.1, -0.05) is 0 Å². The molecule has 4 nitrogen and oxygen atoms in total. The maximum Gasteiger partial charge on any atom is 0.248 e. The molecule has 1 aliphatic carbocycles. The Morgan fingerprint density at radius 3 is 2.52 bits per heavy atom. The molecule has 6 heteroatoms. The predicted molar refractivity (Wildman–Crippen MR) is 72.8 cm³/mol. The Balaban J connectivity index is 1.75. The van der Waals surface area contributed by atoms with Crippen molar-refractivity contribution in [2.45, 2.75) is 69.4 Å². The molecule has 2 atom stereocenters. The average Bonchev–Trinajstić information content (AvgIpc) is 2.57. The Morgan fingerprint density at radius 1 is 1.10 bits per heavy atom. The number of fused-ring (bicyclic) bond motifs is 1. The van der Waals surface area contributed by atoms with E-state index in [4.69, 9.17) is 0 Å². The van der Waals surface area contributed by atoms with Crippen molar-refractivity contribution in [3.63, 3.8) is 0 Å². The summed E-state index contributed by atoms with van der Waals surface area (Å²) < 4.78 is 26.6. The van der Waals surface area contributed by atoms with Crippen LogP contribution in [-0.2, 0) is 9.59 Å². The molecule has 0 radical (unpaired) electrons. The van der Waals surface area contributed by atoms with E-state index in [1.54, 1.807) is 0 Å². The molecule has 1 N–H and O–H groups in total. The van der Waals surface area contributed by atoms with Gasteiger partial charge in [-0.2, -0.15) is 0 Å². The van der Waals surface area contributed by atoms with Gasteiger partial charge in [0.2, 0.25) is 17.7 Å². The molecule has 0 aromatic rings. The number of amides is 2. The molecule has 0 bridgehead atoms. The number of carbonyl (C=O) groups excluding carboxylic acids is 2. The second kappa shape index (κ2) is 5.54. The highest BCUT2D eigenvalue weighted by atomic mass is 19.3. The molecule has 2 saturated heterocycles. The largest absolute Gasteiger partial charge is 0.344 e. The molecule has 3 fully saturated rings. The minimum Gasteiger partial charge on any atom is -0.344 e. The molecule has 21 heavy (non-hydrogen) atoms. The highest BCUT2D eigenvalue weighted by Crippen LogP contribution is 2.38. The first-order valence-electron chi connectivity index (χ1n) is 7.94. The van der Waals surface area contributed by atoms with Crippen molar-refractivity contribution in [3.05, 3.63) is 0 Å². The van der Waals surface area contributed by atoms with Crippen molar-refractivity contribution >= 4 is 11.8 Å². The summed E-state index contributed by atoms with van der Waals surface area (Å²) in [5.74, 6) is -2.93. The summed E-state index contributed by atoms with van der Waals surface area (Å²) in [5.41, 5.74) is 0. The maximum absolute atomic E-state index is 13.3. The number of nitrogens with zero attached hydrogens (tertiary/aromatic N) is 1. The summed E-state index contributed by atoms with van der Waals surface area (Å²) in [6.07, 6.45) is 3.49. The lowest BCUT2D eigenvalue weighted by atomic mass is 9.81. The average molecular weight is 300 g/mol. The van der Waals surface area contributed by atoms with Gasteiger partial charge in [-0.15, -0.1) is 0 Å². The summed E-state index contributed by atoms with van der Waals surface area (Å²) >= 11 is 0. The van der Waals surface area contributed by atoms with Gasteiger partial charge >= 0.3 is 0 Å². The van der Waals surface area contributed by atoms with Gasteiger partial charge in [-0.25, -0.2) is 8.78 Å². The van der Waals surface area contributed by atoms with Gasteiger partial charge < -0.3 is 10.2 Å². The van der Waals surface area contributed by atoms with E-state index in [1.165, 1.54) is 0 Å². The summed E-state index contributed by atoms with van der Waals surface area (Å²) in [5, 5.41) is 2.81. The zero-order valence-corrected chi connectivity index (χ0v) is 12.1. The first kappa shape index (κ1) is 14.7. The molecule has 0 aromatic carbocycles. The molecule has 0 spiro atoms. The highest BCUT2D eigenvalue weighted by molar-refractivity contribution is 5.90. The van der Waals surface area contributed by atoms with Gasteiger partial charge in [0.25, 0.3) is 0 Å². The fourth-order valence-electron chi connectivity index (χ4n) is 3.90. The third kappa shape index (κ3) is 3.04. The number of alkyl halides is 2. The summed E-state index contributed by atoms with van der Waals surface area (Å²) in [6, 6.07) is -0.599. The molecule has 3 aliphatic rings. The SMILES string of the molecule is O=C1CC2CCCCN2C(=O)C(C2CCC(F)(F)CC2)N1. The number of carbonyl (C=O) groups is 2. The number of halogens is 2. The molecule has 2 aliphatic heterocycles. The molecule has 3 rings (SSSR count). The van der Waals surface area contributed by atoms with Crippen LogP contribution in [0.1, 0.15) is 51.4 Å². The van der Waals surface area contributed by atoms with E-state index >= 15 is 0 Å². The Bertz CT molecular complexity index is 431. The standard InChI is InChI=1S/C15H22F2N2O2/c16-15(17)6-4-10(5-7-15)13-14(21)19-8-2-1-3-11(19)9-12(20)18-13/h10-11,13H,1-9H2,(H,18,20). The third-order valence-corrected chi connectivity index (χ3v) is 5.15. The Labute approximate surface area is 123 Å². The van der Waals surface area contributed by atoms with Crippen molar-refractivity contribution in [2.24, 2.45) is 5.92 Å². The minimum atomic E-state index is -2.61. The van der Waals surface area contributed by atoms with Crippen molar-refractivity contribution in [1.82, 2.24) is 10.2 Å². The molecule has 118 valence electrons. The van der Waals surface area contributed by atoms with Gasteiger partial charge in [0.1, 0.15) is 6.04 Å². The molecule has 2 amide bonds. The Hall–Kier alpha value is -1.20. The first-order valence-corrected chi connectivity index (χ1v) is 7.94. The Morgan fingerprint density at radius 2 is 1.81 bits per heavy atom. The predicted octanol–water partition coefficient (Wildman–Crippen LogP) is 2.08. The number of nitrogens with one attached hydrogen (secondary N) is 1. The molecular formula is C15H22F2N2O2. The molecular weight excluding hydrogens is 278 g/mol. The van der Waals surface area contributed by atoms with E-state index < -0.39 is 12.0 Å². The lowest BCUT2D eigenvalue weighted by Gasteiger charge is -2.37. The van der Waals surface area contributed by atoms with Crippen LogP contribution in [0.3, 0.4) is 0 Å². The molecule has 2 unspecified atom stereocenters. The monoisotopic (exact) mass is 300 g/mol. The van der Waals surface area contributed by atoms with E-state index in [9.17, 15) is 18.4 Å². The van der Waals surface area contributed by atoms with E-state index in [0.717, 1.165) is 19.3 Å². The van der Waals surface area contributed by atoms with Gasteiger partial charge in [0.05, 0.1) is 0 Å². The van der Waals surface area contributed by atoms with Crippen LogP contribution in [0.25, 0.3) is 0 Å². The van der Waals surface area contributed by atoms with E-state index in [2.05, 4.69) is 5.32 Å². The number of rotatable bonds is 1. The second-order valence-electron chi connectivity index (χ2n) is 6.62. The fourth-order valence-corrected chi connectivity index (χ4v) is 3.90. The Kier molecular flexibility index (Phi) is 3.88. The van der Waals surface area contributed by atoms with Crippen LogP contribution in [0.4, 0.5) is 8.78 Å². The van der Waals surface area contributed by atoms with Crippen LogP contribution >= 0.6 is 0 Å². The van der Waals surface area contributed by atoms with E-state index in [0.29, 0.717) is 25.8 Å². The normalized spacial score (nSPS) is 34.1. The lowest BCUT2D eigenvalue weighted by molar-refractivity contribution is -0.139. The zero-order valence-electron chi connectivity index (χ0n) is 12.1. The zero-order chi connectivity index (χ0) is 15.0. The van der Waals surface area contributed by atoms with Crippen molar-refractivity contribution in [3.8, 4) is 0 Å². The van der Waals surface area contributed by atoms with Crippen LogP contribution in [0, 0.1) is 5.92 Å². The van der Waals surface area contributed by atoms with Gasteiger partial charge in [-0.05, 0) is 38.0 Å². The van der Waals surface area contributed by atoms with Crippen LogP contribution in [-0.4, -0.2) is 41.3 Å². The van der Waals surface area contributed by atoms with Crippen LogP contribution in [0.15, 0.2) is 0 Å². The van der Waals surface area contributed by atoms with E-state index in [1.807, 2.05) is 4.90 Å². The quantitative estimate of drug-likeness (QED) is 0.806. The minimum absolute atomic E-state index is 0.00119. The summed E-state index contributed by atoms with van der Waals surface area (Å²) in [6.45, 7) is 0.692.